The summed E-state index contributed by atoms with van der Waals surface area (Å²) in [5, 5.41) is 41.3. The number of phenols is 4. The van der Waals surface area contributed by atoms with E-state index in [1.807, 2.05) is 90.9 Å². The zero-order valence-corrected chi connectivity index (χ0v) is 67.3. The molecule has 0 atom stereocenters. The third kappa shape index (κ3) is 28.9. The van der Waals surface area contributed by atoms with Crippen LogP contribution in [-0.2, 0) is 19.2 Å². The van der Waals surface area contributed by atoms with Gasteiger partial charge in [-0.25, -0.2) is 4.39 Å². The Bertz CT molecular complexity index is 4460. The van der Waals surface area contributed by atoms with Crippen LogP contribution >= 0.6 is 0 Å². The zero-order valence-electron chi connectivity index (χ0n) is 67.3. The molecule has 8 aromatic rings. The summed E-state index contributed by atoms with van der Waals surface area (Å²) in [7, 11) is 1.53. The Morgan fingerprint density at radius 3 is 1.09 bits per heavy atom. The number of hydrogen-bond acceptors (Lipinski definition) is 22. The van der Waals surface area contributed by atoms with E-state index in [9.17, 15) is 48.8 Å². The van der Waals surface area contributed by atoms with Crippen molar-refractivity contribution in [3.8, 4) is 97.7 Å². The fourth-order valence-corrected chi connectivity index (χ4v) is 11.2. The Hall–Kier alpha value is -12.1. The lowest BCUT2D eigenvalue weighted by atomic mass is 9.99. The number of aryl methyl sites for hydroxylation is 1. The molecule has 612 valence electrons. The highest BCUT2D eigenvalue weighted by molar-refractivity contribution is 5.99. The summed E-state index contributed by atoms with van der Waals surface area (Å²) in [5.74, 6) is 6.65. The molecular formula is C91H109FO22. The van der Waals surface area contributed by atoms with Gasteiger partial charge in [0.25, 0.3) is 25.9 Å². The number of carbonyl (C=O) groups is 5. The number of Topliss-reactive ketones (excluding diaryl/α,β-unsaturated/α-hetero) is 1. The van der Waals surface area contributed by atoms with Crippen LogP contribution in [0.1, 0.15) is 172 Å². The first kappa shape index (κ1) is 92.5. The average molecular weight is 1570 g/mol. The number of rotatable bonds is 46. The van der Waals surface area contributed by atoms with Gasteiger partial charge in [-0.3, -0.25) is 24.0 Å². The summed E-state index contributed by atoms with van der Waals surface area (Å²) < 4.78 is 83.6. The molecule has 22 nitrogen and oxygen atoms in total. The number of halogens is 1. The topological polar surface area (TPSA) is 286 Å². The van der Waals surface area contributed by atoms with Crippen LogP contribution in [0.2, 0.25) is 0 Å². The van der Waals surface area contributed by atoms with Gasteiger partial charge in [0, 0.05) is 63.1 Å². The minimum atomic E-state index is -0.641. The zero-order chi connectivity index (χ0) is 83.5. The van der Waals surface area contributed by atoms with Gasteiger partial charge in [0.2, 0.25) is 0 Å². The molecule has 0 spiro atoms. The Labute approximate surface area is 668 Å². The van der Waals surface area contributed by atoms with E-state index < -0.39 is 5.82 Å². The predicted octanol–water partition coefficient (Wildman–Crippen LogP) is 19.9. The number of ketones is 1. The summed E-state index contributed by atoms with van der Waals surface area (Å²) >= 11 is 0. The van der Waals surface area contributed by atoms with Crippen molar-refractivity contribution in [3.63, 3.8) is 0 Å². The monoisotopic (exact) mass is 1570 g/mol. The van der Waals surface area contributed by atoms with Crippen molar-refractivity contribution in [2.75, 3.05) is 60.0 Å². The Kier molecular flexibility index (Phi) is 40.5. The standard InChI is InChI=1S/C24H30O6.2C23H28O5.C21H23FO6/c1-5-8-17(2)20-10-12-21(18(3)24(20)26)28-13-6-7-14-29-22-11-9-19(30-16-25)15-23(22)27-4;1-5-16(2)20-9-11-22(18(4)23(20)25)27-13-7-6-12-26-21-10-8-19(28-15-24)14-17(21)3;1-5-16(2)19-11-12-22(18(4)23(19)25)27-14-7-6-13-26-20-9-8-10-21(17(20)3)28-15-24;1-3-18(24)16-7-9-19(14(2)21(16)25)27-11-5-4-10-26-15-6-8-17(22)20(12-15)28-13-23/h9-12,15-16,26H,2,5-8,13-14H2,1,3-4H3;8-11,14-15,25H,2,5-7,12-13H2,1,3-4H3;8-12,15,25H,2,5-7,13-14H2,1,3-4H3;6-9,12-13,25H,3-5,10-11H2,1-2H3. The number of unbranched alkanes of at least 4 members (excludes halogenated alkanes) is 4. The van der Waals surface area contributed by atoms with Crippen molar-refractivity contribution < 1.29 is 110 Å². The number of phenolic OH excluding ortho intramolecular Hbond substituents is 4. The predicted molar refractivity (Wildman–Crippen MR) is 438 cm³/mol. The largest absolute Gasteiger partial charge is 0.507 e. The number of benzene rings is 8. The van der Waals surface area contributed by atoms with Crippen LogP contribution in [0.5, 0.6) is 97.7 Å². The number of hydrogen-bond donors (Lipinski definition) is 4. The van der Waals surface area contributed by atoms with Crippen LogP contribution in [0.4, 0.5) is 4.39 Å². The third-order valence-corrected chi connectivity index (χ3v) is 18.1. The van der Waals surface area contributed by atoms with Gasteiger partial charge in [0.05, 0.1) is 65.5 Å². The van der Waals surface area contributed by atoms with E-state index >= 15 is 0 Å². The molecule has 0 aliphatic heterocycles. The second-order valence-electron chi connectivity index (χ2n) is 26.1. The normalized spacial score (nSPS) is 10.4. The van der Waals surface area contributed by atoms with E-state index in [1.165, 1.54) is 25.3 Å². The van der Waals surface area contributed by atoms with Crippen molar-refractivity contribution in [2.45, 2.75) is 153 Å². The first-order valence-corrected chi connectivity index (χ1v) is 37.9. The molecule has 0 saturated heterocycles. The molecular weight excluding hydrogens is 1460 g/mol. The third-order valence-electron chi connectivity index (χ3n) is 18.1. The molecule has 0 aliphatic rings. The smallest absolute Gasteiger partial charge is 0.298 e. The van der Waals surface area contributed by atoms with Crippen molar-refractivity contribution >= 4 is 48.4 Å². The van der Waals surface area contributed by atoms with Crippen molar-refractivity contribution in [1.29, 1.82) is 0 Å². The van der Waals surface area contributed by atoms with Gasteiger partial charge in [0.15, 0.2) is 28.8 Å². The second kappa shape index (κ2) is 50.0. The van der Waals surface area contributed by atoms with Crippen LogP contribution in [0.25, 0.3) is 16.7 Å². The van der Waals surface area contributed by atoms with Gasteiger partial charge in [0.1, 0.15) is 80.5 Å². The molecule has 0 radical (unpaired) electrons. The van der Waals surface area contributed by atoms with E-state index in [4.69, 9.17) is 56.8 Å². The van der Waals surface area contributed by atoms with E-state index in [-0.39, 0.29) is 41.0 Å². The highest BCUT2D eigenvalue weighted by atomic mass is 19.1. The molecule has 0 heterocycles. The molecule has 0 aliphatic carbocycles. The summed E-state index contributed by atoms with van der Waals surface area (Å²) in [6, 6.07) is 34.0. The molecule has 0 bridgehead atoms. The number of carbonyl (C=O) groups excluding carboxylic acids is 5. The molecule has 0 aromatic heterocycles. The quantitative estimate of drug-likeness (QED) is 0.0157. The van der Waals surface area contributed by atoms with Crippen LogP contribution < -0.4 is 61.6 Å². The molecule has 23 heteroatoms. The molecule has 4 N–H and O–H groups in total. The minimum absolute atomic E-state index is 0.0441. The van der Waals surface area contributed by atoms with Crippen LogP contribution in [0, 0.1) is 47.4 Å². The fourth-order valence-electron chi connectivity index (χ4n) is 11.2. The maximum absolute atomic E-state index is 13.4. The van der Waals surface area contributed by atoms with E-state index in [2.05, 4.69) is 31.4 Å². The summed E-state index contributed by atoms with van der Waals surface area (Å²) in [5.41, 5.74) is 9.82. The lowest BCUT2D eigenvalue weighted by Gasteiger charge is -2.15. The maximum Gasteiger partial charge on any atom is 0.298 e. The van der Waals surface area contributed by atoms with Gasteiger partial charge >= 0.3 is 0 Å². The first-order valence-electron chi connectivity index (χ1n) is 37.9. The molecule has 0 fully saturated rings. The van der Waals surface area contributed by atoms with Gasteiger partial charge < -0.3 is 82.0 Å². The lowest BCUT2D eigenvalue weighted by Crippen LogP contribution is -2.05. The molecule has 0 saturated carbocycles. The highest BCUT2D eigenvalue weighted by Crippen LogP contribution is 2.40. The van der Waals surface area contributed by atoms with Gasteiger partial charge in [-0.2, -0.15) is 0 Å². The van der Waals surface area contributed by atoms with Crippen LogP contribution in [-0.4, -0.2) is 112 Å². The summed E-state index contributed by atoms with van der Waals surface area (Å²) in [6.07, 6.45) is 9.97. The van der Waals surface area contributed by atoms with Gasteiger partial charge in [-0.1, -0.05) is 59.9 Å². The van der Waals surface area contributed by atoms with E-state index in [0.29, 0.717) is 166 Å². The molecule has 0 amide bonds. The number of allylic oxidation sites excluding steroid dienone is 3. The second-order valence-corrected chi connectivity index (χ2v) is 26.1. The van der Waals surface area contributed by atoms with E-state index in [1.54, 1.807) is 74.5 Å². The summed E-state index contributed by atoms with van der Waals surface area (Å²) in [6.45, 7) is 36.2. The fraction of sp³-hybridized carbons (Fsp3) is 0.352. The van der Waals surface area contributed by atoms with Crippen molar-refractivity contribution in [2.24, 2.45) is 0 Å². The van der Waals surface area contributed by atoms with Crippen LogP contribution in [0.3, 0.4) is 0 Å². The van der Waals surface area contributed by atoms with E-state index in [0.717, 1.165) is 131 Å². The average Bonchev–Trinajstić information content (AvgIpc) is 0.838. The lowest BCUT2D eigenvalue weighted by molar-refractivity contribution is -0.121. The van der Waals surface area contributed by atoms with Crippen LogP contribution in [0.15, 0.2) is 141 Å². The summed E-state index contributed by atoms with van der Waals surface area (Å²) in [4.78, 5) is 53.4. The number of methoxy groups -OCH3 is 1. The van der Waals surface area contributed by atoms with Crippen molar-refractivity contribution in [3.05, 3.63) is 203 Å². The Balaban J connectivity index is 0.000000272. The molecule has 8 aromatic carbocycles. The molecule has 0 unspecified atom stereocenters. The SMILES string of the molecule is C=C(CC)c1ccc(OCCCCOc2ccc(OC=O)cc2C)c(C)c1O.C=C(CC)c1ccc(OCCCCOc2cccc(OC=O)c2C)c(C)c1O.C=C(CCC)c1ccc(OCCCCOc2ccc(OC=O)cc2OC)c(C)c1O.CCC(=O)c1ccc(OCCCCOc2ccc(F)c(OC=O)c2)c(C)c1O. The molecule has 114 heavy (non-hydrogen) atoms. The molecule has 8 rings (SSSR count). The highest BCUT2D eigenvalue weighted by Gasteiger charge is 2.19. The maximum atomic E-state index is 13.4. The van der Waals surface area contributed by atoms with Crippen molar-refractivity contribution in [1.82, 2.24) is 0 Å². The minimum Gasteiger partial charge on any atom is -0.507 e. The first-order chi connectivity index (χ1) is 54.9. The van der Waals surface area contributed by atoms with Gasteiger partial charge in [-0.15, -0.1) is 0 Å². The van der Waals surface area contributed by atoms with Gasteiger partial charge in [-0.05, 0) is 238 Å². The Morgan fingerprint density at radius 1 is 0.351 bits per heavy atom. The Morgan fingerprint density at radius 2 is 0.684 bits per heavy atom. The number of ether oxygens (including phenoxy) is 13. The number of aromatic hydroxyl groups is 4.